The minimum absolute atomic E-state index is 0.294. The van der Waals surface area contributed by atoms with Gasteiger partial charge in [0.15, 0.2) is 0 Å². The predicted molar refractivity (Wildman–Crippen MR) is 66.1 cm³/mol. The zero-order chi connectivity index (χ0) is 13.8. The Balaban J connectivity index is 2.64. The van der Waals surface area contributed by atoms with Crippen LogP contribution in [0.2, 0.25) is 0 Å². The van der Waals surface area contributed by atoms with Crippen LogP contribution in [0.1, 0.15) is 19.4 Å². The third kappa shape index (κ3) is 3.70. The number of aliphatic carboxylic acids is 1. The van der Waals surface area contributed by atoms with Crippen LogP contribution in [0.3, 0.4) is 0 Å². The molecule has 4 nitrogen and oxygen atoms in total. The first-order chi connectivity index (χ1) is 8.36. The molecule has 0 saturated carbocycles. The zero-order valence-corrected chi connectivity index (χ0v) is 10.8. The summed E-state index contributed by atoms with van der Waals surface area (Å²) in [6.07, 6.45) is 0. The third-order valence-electron chi connectivity index (χ3n) is 2.70. The van der Waals surface area contributed by atoms with Crippen molar-refractivity contribution in [3.05, 3.63) is 29.6 Å². The van der Waals surface area contributed by atoms with E-state index in [1.165, 1.54) is 19.2 Å². The lowest BCUT2D eigenvalue weighted by atomic mass is 9.94. The fourth-order valence-electron chi connectivity index (χ4n) is 1.47. The van der Waals surface area contributed by atoms with E-state index in [0.717, 1.165) is 0 Å². The Morgan fingerprint density at radius 2 is 2.17 bits per heavy atom. The summed E-state index contributed by atoms with van der Waals surface area (Å²) >= 11 is 0. The summed E-state index contributed by atoms with van der Waals surface area (Å²) in [6, 6.07) is 4.25. The molecule has 0 spiro atoms. The van der Waals surface area contributed by atoms with Gasteiger partial charge in [0.05, 0.1) is 12.5 Å². The molecular weight excluding hydrogens is 237 g/mol. The van der Waals surface area contributed by atoms with E-state index in [1.54, 1.807) is 19.9 Å². The highest BCUT2D eigenvalue weighted by Crippen LogP contribution is 2.20. The molecule has 0 aromatic heterocycles. The van der Waals surface area contributed by atoms with Crippen LogP contribution in [0.25, 0.3) is 0 Å². The molecule has 2 N–H and O–H groups in total. The predicted octanol–water partition coefficient (Wildman–Crippen LogP) is 2.03. The van der Waals surface area contributed by atoms with Gasteiger partial charge in [-0.2, -0.15) is 0 Å². The van der Waals surface area contributed by atoms with E-state index in [2.05, 4.69) is 5.32 Å². The van der Waals surface area contributed by atoms with E-state index in [-0.39, 0.29) is 5.82 Å². The lowest BCUT2D eigenvalue weighted by Crippen LogP contribution is -2.35. The zero-order valence-electron chi connectivity index (χ0n) is 10.8. The van der Waals surface area contributed by atoms with E-state index in [9.17, 15) is 9.18 Å². The molecule has 0 aliphatic heterocycles. The van der Waals surface area contributed by atoms with Crippen molar-refractivity contribution in [3.63, 3.8) is 0 Å². The highest BCUT2D eigenvalue weighted by molar-refractivity contribution is 5.73. The highest BCUT2D eigenvalue weighted by atomic mass is 19.1. The van der Waals surface area contributed by atoms with Gasteiger partial charge < -0.3 is 15.2 Å². The van der Waals surface area contributed by atoms with Crippen molar-refractivity contribution in [1.82, 2.24) is 5.32 Å². The van der Waals surface area contributed by atoms with Gasteiger partial charge in [0, 0.05) is 18.7 Å². The van der Waals surface area contributed by atoms with Gasteiger partial charge in [0.2, 0.25) is 0 Å². The maximum atomic E-state index is 13.1. The molecule has 0 bridgehead atoms. The molecule has 0 heterocycles. The van der Waals surface area contributed by atoms with E-state index < -0.39 is 11.4 Å². The van der Waals surface area contributed by atoms with Crippen LogP contribution in [-0.2, 0) is 11.3 Å². The number of carboxylic acid groups (broad SMARTS) is 1. The minimum atomic E-state index is -0.874. The third-order valence-corrected chi connectivity index (χ3v) is 2.70. The standard InChI is InChI=1S/C13H18FNO3/c1-13(2,12(16)17)8-15-7-9-6-10(14)4-5-11(9)18-3/h4-6,15H,7-8H2,1-3H3,(H,16,17). The summed E-state index contributed by atoms with van der Waals surface area (Å²) in [5, 5.41) is 12.0. The molecule has 0 fully saturated rings. The lowest BCUT2D eigenvalue weighted by Gasteiger charge is -2.20. The molecule has 0 saturated heterocycles. The summed E-state index contributed by atoms with van der Waals surface area (Å²) < 4.78 is 18.2. The van der Waals surface area contributed by atoms with Gasteiger partial charge in [-0.05, 0) is 32.0 Å². The van der Waals surface area contributed by atoms with Gasteiger partial charge in [-0.1, -0.05) is 0 Å². The molecule has 0 aliphatic rings. The van der Waals surface area contributed by atoms with E-state index in [4.69, 9.17) is 9.84 Å². The molecule has 1 aromatic rings. The first kappa shape index (κ1) is 14.4. The van der Waals surface area contributed by atoms with E-state index in [1.807, 2.05) is 0 Å². The average Bonchev–Trinajstić information content (AvgIpc) is 2.29. The van der Waals surface area contributed by atoms with Crippen molar-refractivity contribution in [2.75, 3.05) is 13.7 Å². The normalized spacial score (nSPS) is 11.3. The summed E-state index contributed by atoms with van der Waals surface area (Å²) in [7, 11) is 1.51. The number of ether oxygens (including phenoxy) is 1. The number of methoxy groups -OCH3 is 1. The summed E-state index contributed by atoms with van der Waals surface area (Å²) in [6.45, 7) is 3.91. The highest BCUT2D eigenvalue weighted by Gasteiger charge is 2.26. The van der Waals surface area contributed by atoms with Crippen molar-refractivity contribution in [2.45, 2.75) is 20.4 Å². The Labute approximate surface area is 106 Å². The van der Waals surface area contributed by atoms with Crippen molar-refractivity contribution in [3.8, 4) is 5.75 Å². The molecule has 0 unspecified atom stereocenters. The van der Waals surface area contributed by atoms with Gasteiger partial charge in [0.25, 0.3) is 0 Å². The lowest BCUT2D eigenvalue weighted by molar-refractivity contribution is -0.146. The average molecular weight is 255 g/mol. The number of rotatable bonds is 6. The summed E-state index contributed by atoms with van der Waals surface area (Å²) in [5.41, 5.74) is -0.195. The second-order valence-electron chi connectivity index (χ2n) is 4.75. The van der Waals surface area contributed by atoms with Crippen molar-refractivity contribution in [2.24, 2.45) is 5.41 Å². The topological polar surface area (TPSA) is 58.6 Å². The minimum Gasteiger partial charge on any atom is -0.496 e. The van der Waals surface area contributed by atoms with Gasteiger partial charge in [-0.15, -0.1) is 0 Å². The second-order valence-corrected chi connectivity index (χ2v) is 4.75. The van der Waals surface area contributed by atoms with Gasteiger partial charge >= 0.3 is 5.97 Å². The molecule has 0 atom stereocenters. The summed E-state index contributed by atoms with van der Waals surface area (Å²) in [4.78, 5) is 10.9. The van der Waals surface area contributed by atoms with Crippen LogP contribution in [0, 0.1) is 11.2 Å². The van der Waals surface area contributed by atoms with Crippen molar-refractivity contribution in [1.29, 1.82) is 0 Å². The fraction of sp³-hybridized carbons (Fsp3) is 0.462. The van der Waals surface area contributed by atoms with Gasteiger partial charge in [0.1, 0.15) is 11.6 Å². The Bertz CT molecular complexity index is 432. The Hall–Kier alpha value is -1.62. The van der Waals surface area contributed by atoms with Crippen LogP contribution in [0.15, 0.2) is 18.2 Å². The molecule has 100 valence electrons. The summed E-state index contributed by atoms with van der Waals surface area (Å²) in [5.74, 6) is -0.636. The number of nitrogens with one attached hydrogen (secondary N) is 1. The number of carbonyl (C=O) groups is 1. The maximum absolute atomic E-state index is 13.1. The number of hydrogen-bond donors (Lipinski definition) is 2. The molecule has 18 heavy (non-hydrogen) atoms. The van der Waals surface area contributed by atoms with Crippen LogP contribution >= 0.6 is 0 Å². The SMILES string of the molecule is COc1ccc(F)cc1CNCC(C)(C)C(=O)O. The van der Waals surface area contributed by atoms with Gasteiger partial charge in [-0.3, -0.25) is 4.79 Å². The Kier molecular flexibility index (Phi) is 4.67. The van der Waals surface area contributed by atoms with Gasteiger partial charge in [-0.25, -0.2) is 4.39 Å². The van der Waals surface area contributed by atoms with E-state index in [0.29, 0.717) is 24.4 Å². The second kappa shape index (κ2) is 5.82. The molecule has 1 rings (SSSR count). The van der Waals surface area contributed by atoms with Crippen LogP contribution in [-0.4, -0.2) is 24.7 Å². The number of carboxylic acids is 1. The van der Waals surface area contributed by atoms with Crippen LogP contribution in [0.4, 0.5) is 4.39 Å². The van der Waals surface area contributed by atoms with Crippen LogP contribution < -0.4 is 10.1 Å². The number of halogens is 1. The Morgan fingerprint density at radius 1 is 1.50 bits per heavy atom. The molecule has 0 radical (unpaired) electrons. The molecule has 5 heteroatoms. The molecular formula is C13H18FNO3. The van der Waals surface area contributed by atoms with Crippen LogP contribution in [0.5, 0.6) is 5.75 Å². The molecule has 1 aromatic carbocycles. The first-order valence-corrected chi connectivity index (χ1v) is 5.63. The molecule has 0 amide bonds. The quantitative estimate of drug-likeness (QED) is 0.816. The largest absolute Gasteiger partial charge is 0.496 e. The van der Waals surface area contributed by atoms with Crippen molar-refractivity contribution < 1.29 is 19.0 Å². The Morgan fingerprint density at radius 3 is 2.72 bits per heavy atom. The molecule has 0 aliphatic carbocycles. The fourth-order valence-corrected chi connectivity index (χ4v) is 1.47. The smallest absolute Gasteiger partial charge is 0.310 e. The monoisotopic (exact) mass is 255 g/mol. The van der Waals surface area contributed by atoms with E-state index >= 15 is 0 Å². The number of hydrogen-bond acceptors (Lipinski definition) is 3. The van der Waals surface area contributed by atoms with Crippen molar-refractivity contribution >= 4 is 5.97 Å². The first-order valence-electron chi connectivity index (χ1n) is 5.63. The maximum Gasteiger partial charge on any atom is 0.310 e. The number of benzene rings is 1.